The van der Waals surface area contributed by atoms with Crippen LogP contribution in [0.4, 0.5) is 4.39 Å². The third kappa shape index (κ3) is 2.38. The summed E-state index contributed by atoms with van der Waals surface area (Å²) < 4.78 is 17.1. The quantitative estimate of drug-likeness (QED) is 0.722. The van der Waals surface area contributed by atoms with Crippen LogP contribution >= 0.6 is 15.9 Å². The molecular weight excluding hydrogens is 325 g/mol. The van der Waals surface area contributed by atoms with Gasteiger partial charge in [0.1, 0.15) is 11.3 Å². The number of hydrogen-bond donors (Lipinski definition) is 0. The number of halogens is 2. The number of hydrogen-bond acceptors (Lipinski definition) is 2. The smallest absolute Gasteiger partial charge is 0.276 e. The van der Waals surface area contributed by atoms with E-state index in [9.17, 15) is 9.18 Å². The Hall–Kier alpha value is -1.95. The summed E-state index contributed by atoms with van der Waals surface area (Å²) in [5, 5.41) is 4.19. The SMILES string of the molecule is Cc1cc2c(=O)n(Cc3cc(F)cc(Br)c3)ccn2n1. The molecule has 6 heteroatoms. The Morgan fingerprint density at radius 2 is 2.05 bits per heavy atom. The number of fused-ring (bicyclic) bond motifs is 1. The van der Waals surface area contributed by atoms with Gasteiger partial charge < -0.3 is 4.57 Å². The molecule has 0 fully saturated rings. The molecule has 0 aliphatic rings. The number of benzene rings is 1. The molecule has 0 N–H and O–H groups in total. The lowest BCUT2D eigenvalue weighted by Gasteiger charge is -2.07. The predicted octanol–water partition coefficient (Wildman–Crippen LogP) is 2.75. The molecule has 0 aliphatic carbocycles. The van der Waals surface area contributed by atoms with Gasteiger partial charge in [-0.3, -0.25) is 4.79 Å². The highest BCUT2D eigenvalue weighted by molar-refractivity contribution is 9.10. The molecule has 0 atom stereocenters. The molecule has 20 heavy (non-hydrogen) atoms. The molecule has 0 bridgehead atoms. The Morgan fingerprint density at radius 3 is 2.80 bits per heavy atom. The topological polar surface area (TPSA) is 39.3 Å². The monoisotopic (exact) mass is 335 g/mol. The normalized spacial score (nSPS) is 11.2. The van der Waals surface area contributed by atoms with Crippen molar-refractivity contribution in [3.8, 4) is 0 Å². The Balaban J connectivity index is 2.06. The molecular formula is C14H11BrFN3O. The minimum Gasteiger partial charge on any atom is -0.308 e. The fourth-order valence-corrected chi connectivity index (χ4v) is 2.68. The zero-order chi connectivity index (χ0) is 14.3. The van der Waals surface area contributed by atoms with Gasteiger partial charge in [0, 0.05) is 16.9 Å². The highest BCUT2D eigenvalue weighted by atomic mass is 79.9. The van der Waals surface area contributed by atoms with Gasteiger partial charge in [0.05, 0.1) is 12.2 Å². The second kappa shape index (κ2) is 4.86. The third-order valence-electron chi connectivity index (χ3n) is 3.00. The first kappa shape index (κ1) is 13.1. The lowest BCUT2D eigenvalue weighted by Crippen LogP contribution is -2.21. The van der Waals surface area contributed by atoms with Crippen molar-refractivity contribution in [2.45, 2.75) is 13.5 Å². The van der Waals surface area contributed by atoms with Crippen molar-refractivity contribution in [2.24, 2.45) is 0 Å². The summed E-state index contributed by atoms with van der Waals surface area (Å²) >= 11 is 3.25. The first-order chi connectivity index (χ1) is 9.52. The summed E-state index contributed by atoms with van der Waals surface area (Å²) in [4.78, 5) is 12.3. The van der Waals surface area contributed by atoms with Crippen LogP contribution < -0.4 is 5.56 Å². The van der Waals surface area contributed by atoms with Gasteiger partial charge >= 0.3 is 0 Å². The van der Waals surface area contributed by atoms with Crippen molar-refractivity contribution >= 4 is 21.4 Å². The summed E-state index contributed by atoms with van der Waals surface area (Å²) in [5.41, 5.74) is 1.88. The minimum absolute atomic E-state index is 0.145. The summed E-state index contributed by atoms with van der Waals surface area (Å²) in [6, 6.07) is 6.33. The molecule has 1 aromatic carbocycles. The predicted molar refractivity (Wildman–Crippen MR) is 77.4 cm³/mol. The zero-order valence-corrected chi connectivity index (χ0v) is 12.3. The van der Waals surface area contributed by atoms with Crippen molar-refractivity contribution in [3.63, 3.8) is 0 Å². The molecule has 0 amide bonds. The lowest BCUT2D eigenvalue weighted by molar-refractivity contribution is 0.621. The van der Waals surface area contributed by atoms with Crippen LogP contribution in [-0.2, 0) is 6.54 Å². The number of nitrogens with zero attached hydrogens (tertiary/aromatic N) is 3. The van der Waals surface area contributed by atoms with E-state index in [1.807, 2.05) is 6.92 Å². The van der Waals surface area contributed by atoms with Crippen LogP contribution in [0.25, 0.3) is 5.52 Å². The molecule has 0 unspecified atom stereocenters. The standard InChI is InChI=1S/C14H11BrFN3O/c1-9-4-13-14(20)18(2-3-19(13)17-9)8-10-5-11(15)7-12(16)6-10/h2-7H,8H2,1H3. The van der Waals surface area contributed by atoms with Crippen LogP contribution in [0.5, 0.6) is 0 Å². The summed E-state index contributed by atoms with van der Waals surface area (Å²) in [5.74, 6) is -0.330. The summed E-state index contributed by atoms with van der Waals surface area (Å²) in [6.45, 7) is 2.15. The first-order valence-electron chi connectivity index (χ1n) is 6.03. The van der Waals surface area contributed by atoms with E-state index in [1.165, 1.54) is 16.7 Å². The molecule has 102 valence electrons. The molecule has 0 saturated heterocycles. The van der Waals surface area contributed by atoms with E-state index in [4.69, 9.17) is 0 Å². The highest BCUT2D eigenvalue weighted by Crippen LogP contribution is 2.15. The van der Waals surface area contributed by atoms with Crippen molar-refractivity contribution in [2.75, 3.05) is 0 Å². The molecule has 0 aliphatic heterocycles. The van der Waals surface area contributed by atoms with Gasteiger partial charge in [0.25, 0.3) is 5.56 Å². The first-order valence-corrected chi connectivity index (χ1v) is 6.82. The summed E-state index contributed by atoms with van der Waals surface area (Å²) in [6.07, 6.45) is 3.37. The van der Waals surface area contributed by atoms with E-state index in [1.54, 1.807) is 29.0 Å². The van der Waals surface area contributed by atoms with E-state index in [0.717, 1.165) is 11.3 Å². The largest absolute Gasteiger partial charge is 0.308 e. The Morgan fingerprint density at radius 1 is 1.25 bits per heavy atom. The Labute approximate surface area is 122 Å². The molecule has 3 rings (SSSR count). The lowest BCUT2D eigenvalue weighted by atomic mass is 10.2. The van der Waals surface area contributed by atoms with E-state index in [0.29, 0.717) is 16.5 Å². The van der Waals surface area contributed by atoms with E-state index in [-0.39, 0.29) is 11.4 Å². The van der Waals surface area contributed by atoms with Crippen LogP contribution in [-0.4, -0.2) is 14.2 Å². The Bertz CT molecular complexity index is 833. The highest BCUT2D eigenvalue weighted by Gasteiger charge is 2.07. The average molecular weight is 336 g/mol. The van der Waals surface area contributed by atoms with Crippen molar-refractivity contribution < 1.29 is 4.39 Å². The van der Waals surface area contributed by atoms with Gasteiger partial charge in [-0.2, -0.15) is 5.10 Å². The molecule has 0 saturated carbocycles. The number of aromatic nitrogens is 3. The van der Waals surface area contributed by atoms with Gasteiger partial charge in [-0.25, -0.2) is 8.91 Å². The van der Waals surface area contributed by atoms with Crippen molar-refractivity contribution in [1.82, 2.24) is 14.2 Å². The molecule has 2 aromatic heterocycles. The van der Waals surface area contributed by atoms with E-state index in [2.05, 4.69) is 21.0 Å². The van der Waals surface area contributed by atoms with E-state index >= 15 is 0 Å². The number of rotatable bonds is 2. The van der Waals surface area contributed by atoms with Crippen LogP contribution in [0.1, 0.15) is 11.3 Å². The van der Waals surface area contributed by atoms with Gasteiger partial charge in [-0.15, -0.1) is 0 Å². The Kier molecular flexibility index (Phi) is 3.17. The van der Waals surface area contributed by atoms with Crippen LogP contribution in [0.15, 0.2) is 45.9 Å². The average Bonchev–Trinajstić information content (AvgIpc) is 2.73. The van der Waals surface area contributed by atoms with Gasteiger partial charge in [0.15, 0.2) is 0 Å². The van der Waals surface area contributed by atoms with Crippen molar-refractivity contribution in [1.29, 1.82) is 0 Å². The van der Waals surface area contributed by atoms with Gasteiger partial charge in [-0.05, 0) is 36.8 Å². The fourth-order valence-electron chi connectivity index (χ4n) is 2.17. The van der Waals surface area contributed by atoms with Crippen molar-refractivity contribution in [3.05, 3.63) is 68.6 Å². The summed E-state index contributed by atoms with van der Waals surface area (Å²) in [7, 11) is 0. The second-order valence-corrected chi connectivity index (χ2v) is 5.54. The number of aryl methyl sites for hydroxylation is 1. The molecule has 2 heterocycles. The molecule has 4 nitrogen and oxygen atoms in total. The molecule has 3 aromatic rings. The minimum atomic E-state index is -0.330. The molecule has 0 radical (unpaired) electrons. The van der Waals surface area contributed by atoms with Gasteiger partial charge in [-0.1, -0.05) is 15.9 Å². The van der Waals surface area contributed by atoms with Crippen LogP contribution in [0.3, 0.4) is 0 Å². The third-order valence-corrected chi connectivity index (χ3v) is 3.46. The van der Waals surface area contributed by atoms with E-state index < -0.39 is 0 Å². The van der Waals surface area contributed by atoms with Crippen LogP contribution in [0, 0.1) is 12.7 Å². The van der Waals surface area contributed by atoms with Gasteiger partial charge in [0.2, 0.25) is 0 Å². The van der Waals surface area contributed by atoms with Crippen LogP contribution in [0.2, 0.25) is 0 Å². The molecule has 0 spiro atoms. The zero-order valence-electron chi connectivity index (χ0n) is 10.7. The maximum atomic E-state index is 13.4. The maximum absolute atomic E-state index is 13.4. The second-order valence-electron chi connectivity index (χ2n) is 4.62. The fraction of sp³-hybridized carbons (Fsp3) is 0.143. The maximum Gasteiger partial charge on any atom is 0.276 e.